The summed E-state index contributed by atoms with van der Waals surface area (Å²) in [4.78, 5) is 0. The van der Waals surface area contributed by atoms with Gasteiger partial charge in [0.1, 0.15) is 0 Å². The van der Waals surface area contributed by atoms with E-state index in [0.717, 1.165) is 33.8 Å². The zero-order chi connectivity index (χ0) is 88.3. The van der Waals surface area contributed by atoms with Crippen LogP contribution in [0, 0.1) is 0 Å². The van der Waals surface area contributed by atoms with Crippen molar-refractivity contribution in [1.29, 1.82) is 0 Å². The highest BCUT2D eigenvalue weighted by atomic mass is 79.9. The first kappa shape index (κ1) is 81.5. The molecule has 20 aromatic carbocycles. The molecular formula is C123H84BBr2N3O2S. The van der Waals surface area contributed by atoms with Crippen molar-refractivity contribution in [3.63, 3.8) is 0 Å². The van der Waals surface area contributed by atoms with Crippen LogP contribution in [-0.2, 0) is 19.3 Å². The van der Waals surface area contributed by atoms with E-state index in [9.17, 15) is 0 Å². The first-order valence-corrected chi connectivity index (χ1v) is 47.3. The summed E-state index contributed by atoms with van der Waals surface area (Å²) in [5, 5.41) is 28.7. The van der Waals surface area contributed by atoms with Crippen LogP contribution >= 0.6 is 43.2 Å². The Labute approximate surface area is 787 Å². The molecule has 0 fully saturated rings. The summed E-state index contributed by atoms with van der Waals surface area (Å²) in [6, 6.07) is 165. The molecule has 0 saturated carbocycles. The van der Waals surface area contributed by atoms with E-state index in [0.29, 0.717) is 5.46 Å². The second-order valence-corrected chi connectivity index (χ2v) is 37.1. The van der Waals surface area contributed by atoms with Crippen molar-refractivity contribution in [2.24, 2.45) is 0 Å². The number of fused-ring (bicyclic) bond motifs is 21. The van der Waals surface area contributed by atoms with E-state index in [4.69, 9.17) is 10.0 Å². The van der Waals surface area contributed by atoms with Gasteiger partial charge in [0.25, 0.3) is 0 Å². The van der Waals surface area contributed by atoms with Gasteiger partial charge in [-0.25, -0.2) is 0 Å². The molecule has 3 aliphatic carbocycles. The van der Waals surface area contributed by atoms with E-state index in [1.54, 1.807) is 6.07 Å². The van der Waals surface area contributed by atoms with Crippen LogP contribution < -0.4 is 5.46 Å². The molecule has 0 radical (unpaired) electrons. The van der Waals surface area contributed by atoms with E-state index < -0.39 is 7.12 Å². The Hall–Kier alpha value is -15.0. The van der Waals surface area contributed by atoms with E-state index in [-0.39, 0.29) is 0 Å². The number of aromatic nitrogens is 3. The van der Waals surface area contributed by atoms with E-state index in [2.05, 4.69) is 470 Å². The Morgan fingerprint density at radius 1 is 0.197 bits per heavy atom. The molecule has 9 heteroatoms. The smallest absolute Gasteiger partial charge is 0.423 e. The van der Waals surface area contributed by atoms with Crippen LogP contribution in [0.1, 0.15) is 33.4 Å². The fourth-order valence-corrected chi connectivity index (χ4v) is 21.8. The molecule has 0 aliphatic heterocycles. The minimum atomic E-state index is -1.39. The molecule has 4 aromatic heterocycles. The number of hydrogen-bond acceptors (Lipinski definition) is 3. The van der Waals surface area contributed by atoms with Gasteiger partial charge in [0.05, 0.1) is 33.1 Å². The Morgan fingerprint density at radius 2 is 0.485 bits per heavy atom. The second kappa shape index (κ2) is 35.1. The molecule has 24 aromatic rings. The van der Waals surface area contributed by atoms with Crippen LogP contribution in [0.4, 0.5) is 0 Å². The molecule has 0 atom stereocenters. The highest BCUT2D eigenvalue weighted by Gasteiger charge is 2.25. The van der Waals surface area contributed by atoms with Gasteiger partial charge in [-0.1, -0.05) is 378 Å². The van der Waals surface area contributed by atoms with Gasteiger partial charge in [-0.15, -0.1) is 11.3 Å². The second-order valence-electron chi connectivity index (χ2n) is 34.2. The van der Waals surface area contributed by atoms with Gasteiger partial charge in [0.2, 0.25) is 0 Å². The molecule has 132 heavy (non-hydrogen) atoms. The van der Waals surface area contributed by atoms with Crippen LogP contribution in [0.2, 0.25) is 0 Å². The predicted octanol–water partition coefficient (Wildman–Crippen LogP) is 32.3. The molecule has 2 N–H and O–H groups in total. The molecule has 0 spiro atoms. The maximum absolute atomic E-state index is 9.16. The summed E-state index contributed by atoms with van der Waals surface area (Å²) in [5.41, 5.74) is 40.0. The lowest BCUT2D eigenvalue weighted by molar-refractivity contribution is 0.426. The van der Waals surface area contributed by atoms with Gasteiger partial charge in [0.15, 0.2) is 0 Å². The van der Waals surface area contributed by atoms with E-state index >= 15 is 0 Å². The Kier molecular flexibility index (Phi) is 21.7. The van der Waals surface area contributed by atoms with Crippen LogP contribution in [0.3, 0.4) is 0 Å². The summed E-state index contributed by atoms with van der Waals surface area (Å²) in [7, 11) is -1.39. The molecular weight excluding hydrogens is 1750 g/mol. The van der Waals surface area contributed by atoms with Gasteiger partial charge in [-0.3, -0.25) is 0 Å². The molecule has 0 unspecified atom stereocenters. The first-order valence-electron chi connectivity index (χ1n) is 44.9. The molecule has 5 nitrogen and oxygen atoms in total. The van der Waals surface area contributed by atoms with Crippen molar-refractivity contribution in [3.8, 4) is 106 Å². The Morgan fingerprint density at radius 3 is 0.909 bits per heavy atom. The number of hydrogen-bond donors (Lipinski definition) is 2. The van der Waals surface area contributed by atoms with Crippen molar-refractivity contribution < 1.29 is 10.0 Å². The topological polar surface area (TPSA) is 55.2 Å². The van der Waals surface area contributed by atoms with Gasteiger partial charge < -0.3 is 23.7 Å². The zero-order valence-corrected chi connectivity index (χ0v) is 76.0. The number of thiophene rings is 1. The molecule has 3 aliphatic rings. The minimum Gasteiger partial charge on any atom is -0.423 e. The monoisotopic (exact) mass is 1840 g/mol. The van der Waals surface area contributed by atoms with Gasteiger partial charge >= 0.3 is 7.12 Å². The van der Waals surface area contributed by atoms with Crippen molar-refractivity contribution >= 4 is 141 Å². The van der Waals surface area contributed by atoms with Crippen molar-refractivity contribution in [3.05, 3.63) is 503 Å². The third-order valence-corrected chi connectivity index (χ3v) is 28.5. The normalized spacial score (nSPS) is 11.8. The van der Waals surface area contributed by atoms with Crippen LogP contribution in [0.25, 0.3) is 192 Å². The third-order valence-electron chi connectivity index (χ3n) is 26.4. The number of halogens is 2. The number of para-hydroxylation sites is 3. The predicted molar refractivity (Wildman–Crippen MR) is 565 cm³/mol. The Bertz CT molecular complexity index is 8240. The maximum Gasteiger partial charge on any atom is 0.488 e. The van der Waals surface area contributed by atoms with Gasteiger partial charge in [0, 0.05) is 78.5 Å². The SMILES string of the molecule is Brc1ccc2c3ccccc3n(-c3ccc(-c4ccccc4)cc3)c2c1.Brc1ccc2sc3ccccc3c2c1.OB(O)c1ccc2c(c1)-c1ccccc1C2.c1ccc(-c2ccc(-n3c4ccccc4c4ccc(-c5ccc6c(c5)-c5ccccc5C6)cc43)cc2)cc1.c1ccc(-c2ccc(-n3c4ccccc4c4ccc(-c5ccc6c(c5)-c5ccccc5C6)cc43)cc2)cc1. The standard InChI is InChI=1S/2C37H25N.C24H16BrN.C13H11BO2.C12H7BrS/c2*1-2-8-25(9-3-1)26-16-19-31(20-17-26)38-36-13-7-6-12-33(36)34-21-18-28(24-37(34)38)27-14-15-30-22-29-10-4-5-11-32(29)35(30)23-27;25-19-12-15-22-21-8-4-5-9-23(21)26(24(22)16-19)20-13-10-18(11-14-20)17-6-2-1-3-7-17;15-14(16)11-6-5-10-7-9-3-1-2-4-12(9)13(10)8-11;13-8-5-6-12-10(7-8)9-3-1-2-4-11(9)14-12/h2*1-21,23-24H,22H2;1-16H;1-6,8,15-16H,7H2;1-7H. The number of rotatable bonds is 9. The lowest BCUT2D eigenvalue weighted by Gasteiger charge is -2.11. The molecule has 4 heterocycles. The van der Waals surface area contributed by atoms with Gasteiger partial charge in [-0.05, 0) is 262 Å². The highest BCUT2D eigenvalue weighted by Crippen LogP contribution is 2.46. The molecule has 0 saturated heterocycles. The lowest BCUT2D eigenvalue weighted by Crippen LogP contribution is -2.29. The molecule has 0 bridgehead atoms. The highest BCUT2D eigenvalue weighted by molar-refractivity contribution is 9.10. The van der Waals surface area contributed by atoms with Crippen LogP contribution in [0.15, 0.2) is 470 Å². The quantitative estimate of drug-likeness (QED) is 0.142. The van der Waals surface area contributed by atoms with E-state index in [1.807, 2.05) is 41.7 Å². The van der Waals surface area contributed by atoms with Crippen molar-refractivity contribution in [2.45, 2.75) is 19.3 Å². The van der Waals surface area contributed by atoms with E-state index in [1.165, 1.54) is 219 Å². The molecule has 27 rings (SSSR count). The minimum absolute atomic E-state index is 0.551. The summed E-state index contributed by atoms with van der Waals surface area (Å²) in [6.07, 6.45) is 2.99. The Balaban J connectivity index is 0.0000000983. The average Bonchev–Trinajstić information content (AvgIpc) is 1.59. The lowest BCUT2D eigenvalue weighted by atomic mass is 9.79. The van der Waals surface area contributed by atoms with Gasteiger partial charge in [-0.2, -0.15) is 0 Å². The largest absolute Gasteiger partial charge is 0.488 e. The zero-order valence-electron chi connectivity index (χ0n) is 72.0. The fraction of sp³-hybridized carbons (Fsp3) is 0.0244. The van der Waals surface area contributed by atoms with Crippen molar-refractivity contribution in [1.82, 2.24) is 13.7 Å². The fourth-order valence-electron chi connectivity index (χ4n) is 20.0. The van der Waals surface area contributed by atoms with Crippen LogP contribution in [-0.4, -0.2) is 30.9 Å². The summed E-state index contributed by atoms with van der Waals surface area (Å²) >= 11 is 8.98. The van der Waals surface area contributed by atoms with Crippen molar-refractivity contribution in [2.75, 3.05) is 0 Å². The summed E-state index contributed by atoms with van der Waals surface area (Å²) in [5.74, 6) is 0. The number of nitrogens with zero attached hydrogens (tertiary/aromatic N) is 3. The average molecular weight is 1840 g/mol. The third kappa shape index (κ3) is 15.4. The molecule has 626 valence electrons. The van der Waals surface area contributed by atoms with Crippen LogP contribution in [0.5, 0.6) is 0 Å². The summed E-state index contributed by atoms with van der Waals surface area (Å²) in [6.45, 7) is 0. The summed E-state index contributed by atoms with van der Waals surface area (Å²) < 4.78 is 12.1. The maximum atomic E-state index is 9.16. The number of benzene rings is 20. The molecule has 0 amide bonds. The first-order chi connectivity index (χ1) is 65.1.